The van der Waals surface area contributed by atoms with Gasteiger partial charge in [-0.05, 0) is 49.6 Å². The van der Waals surface area contributed by atoms with E-state index in [1.54, 1.807) is 33.1 Å². The number of esters is 1. The zero-order valence-electron chi connectivity index (χ0n) is 16.7. The molecule has 2 rings (SSSR count). The van der Waals surface area contributed by atoms with Crippen LogP contribution in [0.3, 0.4) is 0 Å². The summed E-state index contributed by atoms with van der Waals surface area (Å²) in [6, 6.07) is 9.34. The number of rotatable bonds is 7. The Balaban J connectivity index is 2.35. The van der Waals surface area contributed by atoms with Crippen molar-refractivity contribution < 1.29 is 19.1 Å². The van der Waals surface area contributed by atoms with Crippen molar-refractivity contribution in [3.63, 3.8) is 0 Å². The first kappa shape index (κ1) is 21.9. The number of thiophene rings is 1. The van der Waals surface area contributed by atoms with E-state index in [0.29, 0.717) is 26.6 Å². The number of carbonyl (C=O) groups excluding carboxylic acids is 2. The lowest BCUT2D eigenvalue weighted by molar-refractivity contribution is -0.114. The highest BCUT2D eigenvalue weighted by Crippen LogP contribution is 2.30. The molecule has 7 heteroatoms. The predicted octanol–water partition coefficient (Wildman–Crippen LogP) is 4.14. The zero-order valence-corrected chi connectivity index (χ0v) is 17.5. The maximum absolute atomic E-state index is 12.7. The third-order valence-corrected chi connectivity index (χ3v) is 5.55. The number of ether oxygens (including phenoxy) is 2. The number of methoxy groups -OCH3 is 1. The predicted molar refractivity (Wildman–Crippen MR) is 110 cm³/mol. The van der Waals surface area contributed by atoms with Gasteiger partial charge in [0.25, 0.3) is 0 Å². The Morgan fingerprint density at radius 1 is 1.24 bits per heavy atom. The van der Waals surface area contributed by atoms with Crippen LogP contribution < -0.4 is 4.74 Å². The van der Waals surface area contributed by atoms with Crippen molar-refractivity contribution in [2.45, 2.75) is 27.2 Å². The van der Waals surface area contributed by atoms with Crippen LogP contribution in [0.15, 0.2) is 23.8 Å². The standard InChI is InChI=1S/C22H20N2O4S/c1-5-28-22(26)21-14(3)17(12-24)20(29-21)10-18(25)16(11-23)8-15-7-6-13(2)19(9-15)27-4/h6-9H,5,10H2,1-4H3/b16-8+. The van der Waals surface area contributed by atoms with Gasteiger partial charge in [-0.3, -0.25) is 4.79 Å². The van der Waals surface area contributed by atoms with E-state index in [2.05, 4.69) is 0 Å². The number of Topliss-reactive ketones (excluding diaryl/α,β-unsaturated/α-hetero) is 1. The number of carbonyl (C=O) groups is 2. The number of aryl methyl sites for hydroxylation is 1. The normalized spacial score (nSPS) is 10.8. The molecule has 0 unspecified atom stereocenters. The van der Waals surface area contributed by atoms with Crippen LogP contribution in [0.5, 0.6) is 5.75 Å². The third kappa shape index (κ3) is 4.90. The molecule has 0 aliphatic rings. The molecule has 1 aromatic carbocycles. The van der Waals surface area contributed by atoms with Crippen molar-refractivity contribution in [2.24, 2.45) is 0 Å². The fourth-order valence-electron chi connectivity index (χ4n) is 2.74. The summed E-state index contributed by atoms with van der Waals surface area (Å²) in [6.07, 6.45) is 1.35. The van der Waals surface area contributed by atoms with Gasteiger partial charge in [0.05, 0.1) is 24.9 Å². The number of nitrogens with zero attached hydrogens (tertiary/aromatic N) is 2. The number of benzene rings is 1. The third-order valence-electron chi connectivity index (χ3n) is 4.28. The van der Waals surface area contributed by atoms with E-state index in [-0.39, 0.29) is 24.2 Å². The van der Waals surface area contributed by atoms with Crippen molar-refractivity contribution >= 4 is 29.2 Å². The first-order valence-corrected chi connectivity index (χ1v) is 9.66. The number of hydrogen-bond donors (Lipinski definition) is 0. The van der Waals surface area contributed by atoms with E-state index in [9.17, 15) is 20.1 Å². The van der Waals surface area contributed by atoms with Gasteiger partial charge in [-0.15, -0.1) is 11.3 Å². The lowest BCUT2D eigenvalue weighted by atomic mass is 10.0. The molecule has 0 spiro atoms. The second-order valence-electron chi connectivity index (χ2n) is 6.19. The van der Waals surface area contributed by atoms with E-state index in [0.717, 1.165) is 16.9 Å². The van der Waals surface area contributed by atoms with E-state index in [4.69, 9.17) is 9.47 Å². The van der Waals surface area contributed by atoms with Crippen LogP contribution in [-0.4, -0.2) is 25.5 Å². The molecule has 0 radical (unpaired) electrons. The lowest BCUT2D eigenvalue weighted by Gasteiger charge is -2.05. The Kier molecular flexibility index (Phi) is 7.30. The van der Waals surface area contributed by atoms with E-state index in [1.165, 1.54) is 6.08 Å². The molecule has 0 bridgehead atoms. The Morgan fingerprint density at radius 3 is 2.55 bits per heavy atom. The highest BCUT2D eigenvalue weighted by atomic mass is 32.1. The number of nitriles is 2. The Morgan fingerprint density at radius 2 is 1.97 bits per heavy atom. The first-order valence-electron chi connectivity index (χ1n) is 8.85. The summed E-state index contributed by atoms with van der Waals surface area (Å²) in [5.74, 6) is -0.295. The average molecular weight is 408 g/mol. The van der Waals surface area contributed by atoms with Crippen LogP contribution in [0, 0.1) is 36.5 Å². The molecule has 0 amide bonds. The van der Waals surface area contributed by atoms with Crippen molar-refractivity contribution in [1.82, 2.24) is 0 Å². The molecule has 2 aromatic rings. The summed E-state index contributed by atoms with van der Waals surface area (Å²) in [7, 11) is 1.55. The molecule has 148 valence electrons. The van der Waals surface area contributed by atoms with Crippen LogP contribution in [0.25, 0.3) is 6.08 Å². The number of hydrogen-bond acceptors (Lipinski definition) is 7. The maximum Gasteiger partial charge on any atom is 0.348 e. The van der Waals surface area contributed by atoms with Gasteiger partial charge < -0.3 is 9.47 Å². The van der Waals surface area contributed by atoms with Gasteiger partial charge in [0.15, 0.2) is 5.78 Å². The van der Waals surface area contributed by atoms with Crippen molar-refractivity contribution in [3.8, 4) is 17.9 Å². The molecule has 0 saturated heterocycles. The van der Waals surface area contributed by atoms with Gasteiger partial charge in [0.2, 0.25) is 0 Å². The molecule has 0 aliphatic carbocycles. The lowest BCUT2D eigenvalue weighted by Crippen LogP contribution is -2.05. The van der Waals surface area contributed by atoms with Gasteiger partial charge in [0, 0.05) is 11.3 Å². The molecule has 1 heterocycles. The second kappa shape index (κ2) is 9.68. The fourth-order valence-corrected chi connectivity index (χ4v) is 3.89. The molecule has 6 nitrogen and oxygen atoms in total. The van der Waals surface area contributed by atoms with E-state index < -0.39 is 11.8 Å². The maximum atomic E-state index is 12.7. The Labute approximate surface area is 173 Å². The van der Waals surface area contributed by atoms with Crippen molar-refractivity contribution in [1.29, 1.82) is 10.5 Å². The topological polar surface area (TPSA) is 100 Å². The monoisotopic (exact) mass is 408 g/mol. The summed E-state index contributed by atoms with van der Waals surface area (Å²) >= 11 is 1.05. The molecule has 1 aromatic heterocycles. The molecule has 0 fully saturated rings. The minimum atomic E-state index is -0.520. The summed E-state index contributed by atoms with van der Waals surface area (Å²) in [6.45, 7) is 5.45. The molecule has 0 N–H and O–H groups in total. The highest BCUT2D eigenvalue weighted by molar-refractivity contribution is 7.14. The van der Waals surface area contributed by atoms with Crippen LogP contribution in [0.4, 0.5) is 0 Å². The van der Waals surface area contributed by atoms with Gasteiger partial charge in [-0.2, -0.15) is 10.5 Å². The van der Waals surface area contributed by atoms with Gasteiger partial charge in [-0.1, -0.05) is 12.1 Å². The smallest absolute Gasteiger partial charge is 0.348 e. The Bertz CT molecular complexity index is 1070. The SMILES string of the molecule is CCOC(=O)c1sc(CC(=O)/C(C#N)=C/c2ccc(C)c(OC)c2)c(C#N)c1C. The fraction of sp³-hybridized carbons (Fsp3) is 0.273. The summed E-state index contributed by atoms with van der Waals surface area (Å²) in [4.78, 5) is 25.5. The zero-order chi connectivity index (χ0) is 21.6. The van der Waals surface area contributed by atoms with Crippen LogP contribution in [-0.2, 0) is 16.0 Å². The van der Waals surface area contributed by atoms with Crippen LogP contribution >= 0.6 is 11.3 Å². The Hall–Kier alpha value is -3.42. The van der Waals surface area contributed by atoms with Crippen molar-refractivity contribution in [3.05, 3.63) is 55.8 Å². The number of ketones is 1. The first-order chi connectivity index (χ1) is 13.9. The molecule has 0 aliphatic heterocycles. The van der Waals surface area contributed by atoms with Crippen LogP contribution in [0.2, 0.25) is 0 Å². The van der Waals surface area contributed by atoms with Gasteiger partial charge in [0.1, 0.15) is 22.8 Å². The minimum Gasteiger partial charge on any atom is -0.496 e. The van der Waals surface area contributed by atoms with Gasteiger partial charge in [-0.25, -0.2) is 4.79 Å². The molecule has 29 heavy (non-hydrogen) atoms. The van der Waals surface area contributed by atoms with Crippen molar-refractivity contribution in [2.75, 3.05) is 13.7 Å². The van der Waals surface area contributed by atoms with Gasteiger partial charge >= 0.3 is 5.97 Å². The summed E-state index contributed by atoms with van der Waals surface area (Å²) in [5.41, 5.74) is 2.33. The minimum absolute atomic E-state index is 0.0384. The van der Waals surface area contributed by atoms with Crippen LogP contribution in [0.1, 0.15) is 43.7 Å². The molecule has 0 saturated carbocycles. The largest absolute Gasteiger partial charge is 0.496 e. The quantitative estimate of drug-likeness (QED) is 0.388. The van der Waals surface area contributed by atoms with E-state index in [1.807, 2.05) is 25.1 Å². The summed E-state index contributed by atoms with van der Waals surface area (Å²) in [5, 5.41) is 18.9. The van der Waals surface area contributed by atoms with E-state index >= 15 is 0 Å². The molecular formula is C22H20N2O4S. The average Bonchev–Trinajstić information content (AvgIpc) is 3.02. The summed E-state index contributed by atoms with van der Waals surface area (Å²) < 4.78 is 10.3. The second-order valence-corrected chi connectivity index (χ2v) is 7.29. The highest BCUT2D eigenvalue weighted by Gasteiger charge is 2.23. The molecular weight excluding hydrogens is 388 g/mol. The molecule has 0 atom stereocenters. The number of allylic oxidation sites excluding steroid dienone is 1.